The van der Waals surface area contributed by atoms with Gasteiger partial charge in [-0.3, -0.25) is 0 Å². The zero-order valence-corrected chi connectivity index (χ0v) is 8.06. The fourth-order valence-corrected chi connectivity index (χ4v) is 1.20. The maximum absolute atomic E-state index is 3.83. The minimum absolute atomic E-state index is 0.682. The molecule has 0 bridgehead atoms. The van der Waals surface area contributed by atoms with E-state index in [9.17, 15) is 0 Å². The van der Waals surface area contributed by atoms with Gasteiger partial charge in [0.25, 0.3) is 0 Å². The van der Waals surface area contributed by atoms with Crippen LogP contribution in [-0.2, 0) is 0 Å². The Morgan fingerprint density at radius 2 is 2.09 bits per heavy atom. The van der Waals surface area contributed by atoms with Gasteiger partial charge in [-0.1, -0.05) is 31.6 Å². The molecule has 64 valence electrons. The lowest BCUT2D eigenvalue weighted by Crippen LogP contribution is -1.95. The van der Waals surface area contributed by atoms with Gasteiger partial charge in [-0.05, 0) is 32.1 Å². The Morgan fingerprint density at radius 3 is 2.36 bits per heavy atom. The number of rotatable bonds is 5. The molecule has 1 unspecified atom stereocenters. The van der Waals surface area contributed by atoms with E-state index in [2.05, 4.69) is 39.5 Å². The first-order valence-corrected chi connectivity index (χ1v) is 4.55. The molecule has 0 radical (unpaired) electrons. The van der Waals surface area contributed by atoms with E-state index in [0.29, 0.717) is 5.92 Å². The SMILES string of the molecule is C=CC(CC)C/C(=C/C)CC. The van der Waals surface area contributed by atoms with Crippen LogP contribution in [0, 0.1) is 5.92 Å². The van der Waals surface area contributed by atoms with Gasteiger partial charge < -0.3 is 0 Å². The van der Waals surface area contributed by atoms with Crippen molar-refractivity contribution in [3.63, 3.8) is 0 Å². The summed E-state index contributed by atoms with van der Waals surface area (Å²) in [5.74, 6) is 0.682. The van der Waals surface area contributed by atoms with E-state index in [1.165, 1.54) is 19.3 Å². The Hall–Kier alpha value is -0.520. The summed E-state index contributed by atoms with van der Waals surface area (Å²) >= 11 is 0. The third kappa shape index (κ3) is 4.02. The van der Waals surface area contributed by atoms with Crippen LogP contribution in [0.15, 0.2) is 24.3 Å². The van der Waals surface area contributed by atoms with Gasteiger partial charge >= 0.3 is 0 Å². The molecule has 0 heterocycles. The van der Waals surface area contributed by atoms with Crippen molar-refractivity contribution in [1.82, 2.24) is 0 Å². The van der Waals surface area contributed by atoms with Crippen molar-refractivity contribution in [2.75, 3.05) is 0 Å². The third-order valence-electron chi connectivity index (χ3n) is 2.24. The number of allylic oxidation sites excluding steroid dienone is 3. The van der Waals surface area contributed by atoms with E-state index < -0.39 is 0 Å². The zero-order chi connectivity index (χ0) is 8.69. The molecule has 11 heavy (non-hydrogen) atoms. The summed E-state index contributed by atoms with van der Waals surface area (Å²) in [4.78, 5) is 0. The van der Waals surface area contributed by atoms with E-state index >= 15 is 0 Å². The predicted molar refractivity (Wildman–Crippen MR) is 52.6 cm³/mol. The molecule has 1 atom stereocenters. The van der Waals surface area contributed by atoms with E-state index in [1.54, 1.807) is 5.57 Å². The van der Waals surface area contributed by atoms with Crippen LogP contribution >= 0.6 is 0 Å². The van der Waals surface area contributed by atoms with Gasteiger partial charge in [0.2, 0.25) is 0 Å². The fourth-order valence-electron chi connectivity index (χ4n) is 1.20. The van der Waals surface area contributed by atoms with E-state index in [1.807, 2.05) is 0 Å². The summed E-state index contributed by atoms with van der Waals surface area (Å²) in [7, 11) is 0. The van der Waals surface area contributed by atoms with Crippen LogP contribution in [0.25, 0.3) is 0 Å². The second-order valence-electron chi connectivity index (χ2n) is 2.91. The van der Waals surface area contributed by atoms with Gasteiger partial charge in [0.1, 0.15) is 0 Å². The molecule has 0 aromatic carbocycles. The summed E-state index contributed by atoms with van der Waals surface area (Å²) in [6.45, 7) is 10.4. The van der Waals surface area contributed by atoms with Gasteiger partial charge in [0, 0.05) is 0 Å². The highest BCUT2D eigenvalue weighted by molar-refractivity contribution is 5.02. The summed E-state index contributed by atoms with van der Waals surface area (Å²) in [6, 6.07) is 0. The summed E-state index contributed by atoms with van der Waals surface area (Å²) in [6.07, 6.45) is 7.89. The molecule has 0 nitrogen and oxygen atoms in total. The quantitative estimate of drug-likeness (QED) is 0.523. The lowest BCUT2D eigenvalue weighted by Gasteiger charge is -2.10. The van der Waals surface area contributed by atoms with Crippen molar-refractivity contribution in [2.24, 2.45) is 5.92 Å². The first-order valence-electron chi connectivity index (χ1n) is 4.55. The first kappa shape index (κ1) is 10.5. The molecular formula is C11H20. The molecule has 0 rings (SSSR count). The molecule has 0 aliphatic heterocycles. The first-order chi connectivity index (χ1) is 5.28. The molecular weight excluding hydrogens is 132 g/mol. The Labute approximate surface area is 71.0 Å². The lowest BCUT2D eigenvalue weighted by molar-refractivity contribution is 0.611. The molecule has 0 saturated heterocycles. The Morgan fingerprint density at radius 1 is 1.45 bits per heavy atom. The number of hydrogen-bond acceptors (Lipinski definition) is 0. The third-order valence-corrected chi connectivity index (χ3v) is 2.24. The Balaban J connectivity index is 3.88. The molecule has 0 spiro atoms. The van der Waals surface area contributed by atoms with Crippen LogP contribution in [0.1, 0.15) is 40.0 Å². The maximum Gasteiger partial charge on any atom is -0.0202 e. The zero-order valence-electron chi connectivity index (χ0n) is 8.06. The van der Waals surface area contributed by atoms with Crippen LogP contribution in [0.3, 0.4) is 0 Å². The molecule has 0 N–H and O–H groups in total. The lowest BCUT2D eigenvalue weighted by atomic mass is 9.95. The number of hydrogen-bond donors (Lipinski definition) is 0. The topological polar surface area (TPSA) is 0 Å². The summed E-state index contributed by atoms with van der Waals surface area (Å²) in [5, 5.41) is 0. The van der Waals surface area contributed by atoms with Crippen LogP contribution < -0.4 is 0 Å². The van der Waals surface area contributed by atoms with Crippen molar-refractivity contribution in [1.29, 1.82) is 0 Å². The van der Waals surface area contributed by atoms with Gasteiger partial charge in [0.05, 0.1) is 0 Å². The molecule has 0 aliphatic rings. The fraction of sp³-hybridized carbons (Fsp3) is 0.636. The van der Waals surface area contributed by atoms with E-state index in [4.69, 9.17) is 0 Å². The van der Waals surface area contributed by atoms with Gasteiger partial charge in [-0.15, -0.1) is 6.58 Å². The highest BCUT2D eigenvalue weighted by Gasteiger charge is 2.02. The van der Waals surface area contributed by atoms with Crippen LogP contribution in [0.2, 0.25) is 0 Å². The highest BCUT2D eigenvalue weighted by Crippen LogP contribution is 2.17. The van der Waals surface area contributed by atoms with Crippen molar-refractivity contribution >= 4 is 0 Å². The second kappa shape index (κ2) is 6.21. The molecule has 0 aromatic heterocycles. The molecule has 0 amide bonds. The van der Waals surface area contributed by atoms with Crippen molar-refractivity contribution in [3.05, 3.63) is 24.3 Å². The van der Waals surface area contributed by atoms with Crippen molar-refractivity contribution in [2.45, 2.75) is 40.0 Å². The van der Waals surface area contributed by atoms with E-state index in [0.717, 1.165) is 0 Å². The van der Waals surface area contributed by atoms with Crippen LogP contribution in [-0.4, -0.2) is 0 Å². The average Bonchev–Trinajstić information content (AvgIpc) is 2.07. The van der Waals surface area contributed by atoms with E-state index in [-0.39, 0.29) is 0 Å². The summed E-state index contributed by atoms with van der Waals surface area (Å²) < 4.78 is 0. The van der Waals surface area contributed by atoms with Crippen LogP contribution in [0.4, 0.5) is 0 Å². The molecule has 0 heteroatoms. The van der Waals surface area contributed by atoms with Crippen LogP contribution in [0.5, 0.6) is 0 Å². The predicted octanol–water partition coefficient (Wildman–Crippen LogP) is 3.95. The Kier molecular flexibility index (Phi) is 5.91. The molecule has 0 aromatic rings. The second-order valence-corrected chi connectivity index (χ2v) is 2.91. The monoisotopic (exact) mass is 152 g/mol. The largest absolute Gasteiger partial charge is 0.103 e. The molecule has 0 saturated carbocycles. The highest BCUT2D eigenvalue weighted by atomic mass is 14.1. The minimum Gasteiger partial charge on any atom is -0.103 e. The standard InChI is InChI=1S/C11H20/c1-5-10(6-2)9-11(7-3)8-4/h5,7,10H,1,6,8-9H2,2-4H3/b11-7+. The maximum atomic E-state index is 3.83. The molecule has 0 fully saturated rings. The van der Waals surface area contributed by atoms with Gasteiger partial charge in [-0.2, -0.15) is 0 Å². The van der Waals surface area contributed by atoms with Crippen molar-refractivity contribution in [3.8, 4) is 0 Å². The van der Waals surface area contributed by atoms with Gasteiger partial charge in [0.15, 0.2) is 0 Å². The normalized spacial score (nSPS) is 14.6. The summed E-state index contributed by atoms with van der Waals surface area (Å²) in [5.41, 5.74) is 1.55. The average molecular weight is 152 g/mol. The Bertz CT molecular complexity index is 131. The smallest absolute Gasteiger partial charge is 0.0202 e. The minimum atomic E-state index is 0.682. The van der Waals surface area contributed by atoms with Crippen molar-refractivity contribution < 1.29 is 0 Å². The molecule has 0 aliphatic carbocycles. The van der Waals surface area contributed by atoms with Gasteiger partial charge in [-0.25, -0.2) is 0 Å².